The van der Waals surface area contributed by atoms with Crippen LogP contribution in [-0.2, 0) is 6.42 Å². The van der Waals surface area contributed by atoms with Crippen molar-refractivity contribution in [3.63, 3.8) is 0 Å². The minimum Gasteiger partial charge on any atom is -0.507 e. The van der Waals surface area contributed by atoms with Gasteiger partial charge in [0.2, 0.25) is 0 Å². The van der Waals surface area contributed by atoms with Crippen molar-refractivity contribution in [1.29, 1.82) is 0 Å². The minimum absolute atomic E-state index is 0.0555. The average molecular weight is 460 g/mol. The Bertz CT molecular complexity index is 1060. The lowest BCUT2D eigenvalue weighted by Gasteiger charge is -2.18. The summed E-state index contributed by atoms with van der Waals surface area (Å²) in [4.78, 5) is 47.8. The summed E-state index contributed by atoms with van der Waals surface area (Å²) in [6.45, 7) is 3.33. The Morgan fingerprint density at radius 3 is 1.21 bits per heavy atom. The van der Waals surface area contributed by atoms with Gasteiger partial charge in [0, 0.05) is 30.4 Å². The number of benzene rings is 2. The summed E-state index contributed by atoms with van der Waals surface area (Å²) >= 11 is 0. The van der Waals surface area contributed by atoms with Crippen molar-refractivity contribution in [3.8, 4) is 34.5 Å². The summed E-state index contributed by atoms with van der Waals surface area (Å²) in [6, 6.07) is 0. The quantitative estimate of drug-likeness (QED) is 0.227. The molecule has 0 saturated heterocycles. The third kappa shape index (κ3) is 4.32. The van der Waals surface area contributed by atoms with Crippen molar-refractivity contribution in [2.45, 2.75) is 46.0 Å². The fraction of sp³-hybridized carbons (Fsp3) is 0.304. The van der Waals surface area contributed by atoms with Crippen molar-refractivity contribution >= 4 is 24.1 Å². The molecule has 0 atom stereocenters. The SMILES string of the molecule is CCCC(=O)c1c(O)c(C=O)c(O)c(Cc2c(O)c(C=O)c(O)c(C(=O)CCC)c2O)c1O. The van der Waals surface area contributed by atoms with E-state index in [1.54, 1.807) is 13.8 Å². The van der Waals surface area contributed by atoms with Crippen LogP contribution in [0.2, 0.25) is 0 Å². The number of phenols is 6. The van der Waals surface area contributed by atoms with Crippen LogP contribution in [0.4, 0.5) is 0 Å². The molecular weight excluding hydrogens is 436 g/mol. The molecule has 0 heterocycles. The molecule has 2 aromatic carbocycles. The first kappa shape index (κ1) is 25.2. The molecule has 6 N–H and O–H groups in total. The molecule has 0 amide bonds. The Balaban J connectivity index is 2.88. The molecule has 0 radical (unpaired) electrons. The van der Waals surface area contributed by atoms with E-state index in [1.807, 2.05) is 0 Å². The Morgan fingerprint density at radius 1 is 0.606 bits per heavy atom. The number of phenolic OH excluding ortho intramolecular Hbond substituents is 6. The average Bonchev–Trinajstić information content (AvgIpc) is 2.74. The van der Waals surface area contributed by atoms with Crippen LogP contribution >= 0.6 is 0 Å². The molecule has 0 spiro atoms. The van der Waals surface area contributed by atoms with Gasteiger partial charge in [-0.05, 0) is 12.8 Å². The van der Waals surface area contributed by atoms with E-state index in [4.69, 9.17) is 0 Å². The van der Waals surface area contributed by atoms with E-state index in [-0.39, 0.29) is 25.4 Å². The van der Waals surface area contributed by atoms with E-state index in [9.17, 15) is 49.8 Å². The van der Waals surface area contributed by atoms with Gasteiger partial charge in [0.15, 0.2) is 24.1 Å². The lowest BCUT2D eigenvalue weighted by Crippen LogP contribution is -2.07. The number of hydrogen-bond acceptors (Lipinski definition) is 10. The number of carbonyl (C=O) groups is 4. The number of aromatic hydroxyl groups is 6. The lowest BCUT2D eigenvalue weighted by molar-refractivity contribution is 0.0966. The summed E-state index contributed by atoms with van der Waals surface area (Å²) in [7, 11) is 0. The topological polar surface area (TPSA) is 190 Å². The predicted octanol–water partition coefficient (Wildman–Crippen LogP) is 3.10. The summed E-state index contributed by atoms with van der Waals surface area (Å²) < 4.78 is 0. The molecule has 10 nitrogen and oxygen atoms in total. The standard InChI is InChI=1S/C23H24O10/c1-3-5-14(26)16-20(30)10(18(28)12(8-24)22(16)32)7-11-19(29)13(9-25)23(33)17(21(11)31)15(27)6-4-2/h8-9,28-33H,3-7H2,1-2H3. The van der Waals surface area contributed by atoms with Crippen molar-refractivity contribution in [2.24, 2.45) is 0 Å². The summed E-state index contributed by atoms with van der Waals surface area (Å²) in [6.07, 6.45) is -0.185. The van der Waals surface area contributed by atoms with Gasteiger partial charge in [-0.2, -0.15) is 0 Å². The number of ketones is 2. The van der Waals surface area contributed by atoms with Gasteiger partial charge in [0.05, 0.1) is 11.1 Å². The molecule has 0 aromatic heterocycles. The highest BCUT2D eigenvalue weighted by Crippen LogP contribution is 2.47. The number of carbonyl (C=O) groups excluding carboxylic acids is 4. The number of rotatable bonds is 10. The van der Waals surface area contributed by atoms with Crippen molar-refractivity contribution in [1.82, 2.24) is 0 Å². The molecule has 0 unspecified atom stereocenters. The van der Waals surface area contributed by atoms with Gasteiger partial charge in [0.25, 0.3) is 0 Å². The van der Waals surface area contributed by atoms with Crippen LogP contribution in [0.15, 0.2) is 0 Å². The maximum Gasteiger partial charge on any atom is 0.170 e. The molecule has 0 fully saturated rings. The van der Waals surface area contributed by atoms with Crippen molar-refractivity contribution < 1.29 is 49.8 Å². The first-order valence-corrected chi connectivity index (χ1v) is 10.1. The van der Waals surface area contributed by atoms with Gasteiger partial charge >= 0.3 is 0 Å². The van der Waals surface area contributed by atoms with Crippen molar-refractivity contribution in [2.75, 3.05) is 0 Å². The fourth-order valence-electron chi connectivity index (χ4n) is 3.54. The molecule has 176 valence electrons. The molecule has 0 aliphatic heterocycles. The zero-order valence-corrected chi connectivity index (χ0v) is 18.0. The second-order valence-corrected chi connectivity index (χ2v) is 7.38. The van der Waals surface area contributed by atoms with Gasteiger partial charge in [-0.15, -0.1) is 0 Å². The van der Waals surface area contributed by atoms with Gasteiger partial charge < -0.3 is 30.6 Å². The summed E-state index contributed by atoms with van der Waals surface area (Å²) in [5.74, 6) is -7.03. The molecule has 2 rings (SSSR count). The molecule has 0 bridgehead atoms. The maximum atomic E-state index is 12.4. The molecule has 0 aliphatic carbocycles. The molecule has 10 heteroatoms. The first-order valence-electron chi connectivity index (χ1n) is 10.1. The molecule has 0 saturated carbocycles. The van der Waals surface area contributed by atoms with Crippen LogP contribution in [0.1, 0.15) is 92.1 Å². The lowest BCUT2D eigenvalue weighted by atomic mass is 9.89. The molecule has 33 heavy (non-hydrogen) atoms. The number of aldehydes is 2. The largest absolute Gasteiger partial charge is 0.507 e. The van der Waals surface area contributed by atoms with Gasteiger partial charge in [-0.25, -0.2) is 0 Å². The third-order valence-electron chi connectivity index (χ3n) is 5.21. The van der Waals surface area contributed by atoms with E-state index >= 15 is 0 Å². The molecule has 2 aromatic rings. The van der Waals surface area contributed by atoms with Crippen LogP contribution in [0.5, 0.6) is 34.5 Å². The normalized spacial score (nSPS) is 10.7. The second kappa shape index (κ2) is 10.0. The zero-order chi connectivity index (χ0) is 25.0. The minimum atomic E-state index is -0.936. The van der Waals surface area contributed by atoms with Crippen molar-refractivity contribution in [3.05, 3.63) is 33.4 Å². The van der Waals surface area contributed by atoms with E-state index in [1.165, 1.54) is 0 Å². The van der Waals surface area contributed by atoms with E-state index in [2.05, 4.69) is 0 Å². The molecular formula is C23H24O10. The smallest absolute Gasteiger partial charge is 0.170 e. The van der Waals surface area contributed by atoms with Crippen LogP contribution in [0.3, 0.4) is 0 Å². The van der Waals surface area contributed by atoms with Gasteiger partial charge in [-0.1, -0.05) is 13.8 Å². The summed E-state index contributed by atoms with van der Waals surface area (Å²) in [5, 5.41) is 62.7. The highest BCUT2D eigenvalue weighted by Gasteiger charge is 2.31. The number of hydrogen-bond donors (Lipinski definition) is 6. The molecule has 0 aliphatic rings. The Labute approximate surface area is 188 Å². The van der Waals surface area contributed by atoms with Crippen LogP contribution < -0.4 is 0 Å². The van der Waals surface area contributed by atoms with E-state index in [0.717, 1.165) is 0 Å². The second-order valence-electron chi connectivity index (χ2n) is 7.38. The zero-order valence-electron chi connectivity index (χ0n) is 18.0. The van der Waals surface area contributed by atoms with E-state index in [0.29, 0.717) is 12.8 Å². The van der Waals surface area contributed by atoms with E-state index < -0.39 is 85.9 Å². The van der Waals surface area contributed by atoms with Crippen LogP contribution in [0.25, 0.3) is 0 Å². The van der Waals surface area contributed by atoms with Crippen LogP contribution in [0, 0.1) is 0 Å². The Hall–Kier alpha value is -4.08. The highest BCUT2D eigenvalue weighted by atomic mass is 16.3. The van der Waals surface area contributed by atoms with Crippen LogP contribution in [-0.4, -0.2) is 54.8 Å². The first-order chi connectivity index (χ1) is 15.6. The monoisotopic (exact) mass is 460 g/mol. The maximum absolute atomic E-state index is 12.4. The fourth-order valence-corrected chi connectivity index (χ4v) is 3.54. The van der Waals surface area contributed by atoms with Gasteiger partial charge in [0.1, 0.15) is 45.6 Å². The highest BCUT2D eigenvalue weighted by molar-refractivity contribution is 6.06. The summed E-state index contributed by atoms with van der Waals surface area (Å²) in [5.41, 5.74) is -3.76. The third-order valence-corrected chi connectivity index (χ3v) is 5.21. The number of Topliss-reactive ketones (excluding diaryl/α,β-unsaturated/α-hetero) is 2. The Morgan fingerprint density at radius 2 is 0.939 bits per heavy atom. The Kier molecular flexibility index (Phi) is 7.65. The predicted molar refractivity (Wildman–Crippen MR) is 115 cm³/mol. The van der Waals surface area contributed by atoms with Gasteiger partial charge in [-0.3, -0.25) is 19.2 Å².